The van der Waals surface area contributed by atoms with Gasteiger partial charge in [0.15, 0.2) is 0 Å². The van der Waals surface area contributed by atoms with Crippen LogP contribution in [-0.2, 0) is 9.53 Å². The molecule has 0 aromatic carbocycles. The zero-order valence-corrected chi connectivity index (χ0v) is 8.90. The summed E-state index contributed by atoms with van der Waals surface area (Å²) >= 11 is 0. The highest BCUT2D eigenvalue weighted by atomic mass is 16.5. The van der Waals surface area contributed by atoms with Gasteiger partial charge in [-0.3, -0.25) is 9.59 Å². The number of nitrogen functional groups attached to an aromatic ring is 1. The summed E-state index contributed by atoms with van der Waals surface area (Å²) in [6.45, 7) is 0.208. The first-order chi connectivity index (χ1) is 7.65. The van der Waals surface area contributed by atoms with Crippen molar-refractivity contribution in [3.8, 4) is 0 Å². The number of aromatic nitrogens is 1. The van der Waals surface area contributed by atoms with Gasteiger partial charge in [-0.15, -0.1) is 0 Å². The minimum atomic E-state index is -0.376. The predicted octanol–water partition coefficient (Wildman–Crippen LogP) is -0.0433. The number of nitrogens with one attached hydrogen (secondary N) is 1. The Labute approximate surface area is 92.8 Å². The summed E-state index contributed by atoms with van der Waals surface area (Å²) in [5.41, 5.74) is 5.81. The first-order valence-electron chi connectivity index (χ1n) is 4.70. The van der Waals surface area contributed by atoms with E-state index in [9.17, 15) is 9.59 Å². The van der Waals surface area contributed by atoms with Crippen LogP contribution in [0.4, 0.5) is 5.82 Å². The number of hydrogen-bond acceptors (Lipinski definition) is 5. The number of amides is 1. The van der Waals surface area contributed by atoms with E-state index in [0.717, 1.165) is 0 Å². The number of pyridine rings is 1. The molecule has 6 nitrogen and oxygen atoms in total. The lowest BCUT2D eigenvalue weighted by atomic mass is 10.2. The molecule has 0 spiro atoms. The molecule has 0 aliphatic heterocycles. The molecule has 0 aliphatic rings. The van der Waals surface area contributed by atoms with Crippen LogP contribution in [0.15, 0.2) is 18.3 Å². The number of carbonyl (C=O) groups excluding carboxylic acids is 2. The van der Waals surface area contributed by atoms with Gasteiger partial charge in [0.1, 0.15) is 5.82 Å². The smallest absolute Gasteiger partial charge is 0.307 e. The second kappa shape index (κ2) is 5.69. The van der Waals surface area contributed by atoms with E-state index in [1.807, 2.05) is 0 Å². The fourth-order valence-electron chi connectivity index (χ4n) is 1.08. The van der Waals surface area contributed by atoms with Crippen LogP contribution in [0, 0.1) is 0 Å². The first-order valence-corrected chi connectivity index (χ1v) is 4.70. The molecule has 86 valence electrons. The highest BCUT2D eigenvalue weighted by Crippen LogP contribution is 2.05. The summed E-state index contributed by atoms with van der Waals surface area (Å²) in [5.74, 6) is -0.563. The van der Waals surface area contributed by atoms with Crippen molar-refractivity contribution in [2.24, 2.45) is 0 Å². The second-order valence-corrected chi connectivity index (χ2v) is 3.02. The first kappa shape index (κ1) is 12.0. The van der Waals surface area contributed by atoms with Gasteiger partial charge < -0.3 is 15.8 Å². The van der Waals surface area contributed by atoms with Crippen LogP contribution < -0.4 is 11.1 Å². The number of hydrogen-bond donors (Lipinski definition) is 2. The standard InChI is InChI=1S/C10H13N3O3/c1-16-8(14)4-6-13-10(15)7-3-2-5-12-9(7)11/h2-3,5H,4,6H2,1H3,(H2,11,12)(H,13,15). The van der Waals surface area contributed by atoms with E-state index in [1.165, 1.54) is 13.3 Å². The van der Waals surface area contributed by atoms with Gasteiger partial charge in [0.2, 0.25) is 0 Å². The molecule has 0 saturated heterocycles. The second-order valence-electron chi connectivity index (χ2n) is 3.02. The third kappa shape index (κ3) is 3.23. The molecule has 1 rings (SSSR count). The Morgan fingerprint density at radius 1 is 1.56 bits per heavy atom. The van der Waals surface area contributed by atoms with Crippen molar-refractivity contribution < 1.29 is 14.3 Å². The van der Waals surface area contributed by atoms with Crippen molar-refractivity contribution in [3.63, 3.8) is 0 Å². The van der Waals surface area contributed by atoms with Crippen LogP contribution in [0.1, 0.15) is 16.8 Å². The number of methoxy groups -OCH3 is 1. The lowest BCUT2D eigenvalue weighted by molar-refractivity contribution is -0.140. The predicted molar refractivity (Wildman–Crippen MR) is 57.6 cm³/mol. The molecule has 0 radical (unpaired) electrons. The van der Waals surface area contributed by atoms with E-state index in [-0.39, 0.29) is 30.7 Å². The SMILES string of the molecule is COC(=O)CCNC(=O)c1cccnc1N. The molecule has 0 fully saturated rings. The van der Waals surface area contributed by atoms with E-state index in [4.69, 9.17) is 5.73 Å². The topological polar surface area (TPSA) is 94.3 Å². The molecule has 1 heterocycles. The van der Waals surface area contributed by atoms with Crippen molar-refractivity contribution >= 4 is 17.7 Å². The summed E-state index contributed by atoms with van der Waals surface area (Å²) in [6, 6.07) is 3.18. The van der Waals surface area contributed by atoms with Gasteiger partial charge in [-0.25, -0.2) is 4.98 Å². The van der Waals surface area contributed by atoms with Crippen molar-refractivity contribution in [1.82, 2.24) is 10.3 Å². The number of anilines is 1. The van der Waals surface area contributed by atoms with Crippen molar-refractivity contribution in [3.05, 3.63) is 23.9 Å². The van der Waals surface area contributed by atoms with E-state index in [2.05, 4.69) is 15.0 Å². The van der Waals surface area contributed by atoms with Crippen molar-refractivity contribution in [2.45, 2.75) is 6.42 Å². The Morgan fingerprint density at radius 3 is 2.94 bits per heavy atom. The Balaban J connectivity index is 2.47. The molecule has 0 bridgehead atoms. The van der Waals surface area contributed by atoms with Crippen LogP contribution >= 0.6 is 0 Å². The molecular formula is C10H13N3O3. The Bertz CT molecular complexity index is 393. The molecule has 16 heavy (non-hydrogen) atoms. The number of ether oxygens (including phenoxy) is 1. The lowest BCUT2D eigenvalue weighted by Crippen LogP contribution is -2.27. The van der Waals surface area contributed by atoms with Gasteiger partial charge in [-0.1, -0.05) is 0 Å². The van der Waals surface area contributed by atoms with Crippen molar-refractivity contribution in [1.29, 1.82) is 0 Å². The number of nitrogens with two attached hydrogens (primary N) is 1. The molecule has 0 atom stereocenters. The zero-order valence-electron chi connectivity index (χ0n) is 8.90. The lowest BCUT2D eigenvalue weighted by Gasteiger charge is -2.05. The minimum Gasteiger partial charge on any atom is -0.469 e. The summed E-state index contributed by atoms with van der Waals surface area (Å²) < 4.78 is 4.43. The average Bonchev–Trinajstić information content (AvgIpc) is 2.29. The van der Waals surface area contributed by atoms with Gasteiger partial charge in [-0.05, 0) is 12.1 Å². The molecule has 1 aromatic rings. The molecule has 6 heteroatoms. The van der Waals surface area contributed by atoms with Gasteiger partial charge in [0.05, 0.1) is 19.1 Å². The number of nitrogens with zero attached hydrogens (tertiary/aromatic N) is 1. The summed E-state index contributed by atoms with van der Waals surface area (Å²) in [5, 5.41) is 2.55. The third-order valence-corrected chi connectivity index (χ3v) is 1.93. The summed E-state index contributed by atoms with van der Waals surface area (Å²) in [7, 11) is 1.29. The Kier molecular flexibility index (Phi) is 4.26. The number of rotatable bonds is 4. The maximum atomic E-state index is 11.6. The Hall–Kier alpha value is -2.11. The van der Waals surface area contributed by atoms with E-state index < -0.39 is 0 Å². The largest absolute Gasteiger partial charge is 0.469 e. The van der Waals surface area contributed by atoms with Gasteiger partial charge in [0, 0.05) is 12.7 Å². The molecule has 1 amide bonds. The fraction of sp³-hybridized carbons (Fsp3) is 0.300. The van der Waals surface area contributed by atoms with Crippen LogP contribution in [0.2, 0.25) is 0 Å². The van der Waals surface area contributed by atoms with E-state index in [0.29, 0.717) is 5.56 Å². The molecule has 1 aromatic heterocycles. The summed E-state index contributed by atoms with van der Waals surface area (Å²) in [4.78, 5) is 26.1. The molecule has 3 N–H and O–H groups in total. The van der Waals surface area contributed by atoms with Gasteiger partial charge in [0.25, 0.3) is 5.91 Å². The van der Waals surface area contributed by atoms with Crippen LogP contribution in [0.3, 0.4) is 0 Å². The Morgan fingerprint density at radius 2 is 2.31 bits per heavy atom. The summed E-state index contributed by atoms with van der Waals surface area (Å²) in [6.07, 6.45) is 1.63. The van der Waals surface area contributed by atoms with Crippen LogP contribution in [0.25, 0.3) is 0 Å². The third-order valence-electron chi connectivity index (χ3n) is 1.93. The average molecular weight is 223 g/mol. The maximum absolute atomic E-state index is 11.6. The van der Waals surface area contributed by atoms with E-state index in [1.54, 1.807) is 12.1 Å². The number of esters is 1. The number of carbonyl (C=O) groups is 2. The fourth-order valence-corrected chi connectivity index (χ4v) is 1.08. The molecule has 0 saturated carbocycles. The van der Waals surface area contributed by atoms with Crippen molar-refractivity contribution in [2.75, 3.05) is 19.4 Å². The monoisotopic (exact) mass is 223 g/mol. The highest BCUT2D eigenvalue weighted by molar-refractivity contribution is 5.98. The van der Waals surface area contributed by atoms with Crippen LogP contribution in [-0.4, -0.2) is 30.5 Å². The quantitative estimate of drug-likeness (QED) is 0.698. The normalized spacial score (nSPS) is 9.56. The molecule has 0 unspecified atom stereocenters. The van der Waals surface area contributed by atoms with E-state index >= 15 is 0 Å². The minimum absolute atomic E-state index is 0.127. The zero-order chi connectivity index (χ0) is 12.0. The van der Waals surface area contributed by atoms with Gasteiger partial charge in [-0.2, -0.15) is 0 Å². The highest BCUT2D eigenvalue weighted by Gasteiger charge is 2.09. The molecule has 0 aliphatic carbocycles. The van der Waals surface area contributed by atoms with Crippen LogP contribution in [0.5, 0.6) is 0 Å². The maximum Gasteiger partial charge on any atom is 0.307 e. The van der Waals surface area contributed by atoms with Gasteiger partial charge >= 0.3 is 5.97 Å². The molecular weight excluding hydrogens is 210 g/mol.